The van der Waals surface area contributed by atoms with Gasteiger partial charge in [-0.2, -0.15) is 0 Å². The number of ketones is 2. The van der Waals surface area contributed by atoms with Crippen LogP contribution in [0.15, 0.2) is 41.0 Å². The van der Waals surface area contributed by atoms with Crippen LogP contribution in [0.4, 0.5) is 0 Å². The van der Waals surface area contributed by atoms with Crippen LogP contribution in [0, 0.1) is 0 Å². The van der Waals surface area contributed by atoms with Crippen LogP contribution in [0.25, 0.3) is 10.8 Å². The number of rotatable bonds is 2. The standard InChI is InChI=1S/C16H9NO4S/c1-20-8-4-5-9-10(7-8)13(18)12-15(14(9)19)22-16(17-12)11-3-2-6-21-11/h2-7H,1H3. The first-order chi connectivity index (χ1) is 10.7. The zero-order valence-electron chi connectivity index (χ0n) is 11.5. The van der Waals surface area contributed by atoms with Crippen LogP contribution in [0.2, 0.25) is 0 Å². The summed E-state index contributed by atoms with van der Waals surface area (Å²) in [6.07, 6.45) is 1.53. The minimum Gasteiger partial charge on any atom is -0.497 e. The topological polar surface area (TPSA) is 69.4 Å². The second-order valence-electron chi connectivity index (χ2n) is 4.74. The Labute approximate surface area is 129 Å². The van der Waals surface area contributed by atoms with E-state index in [9.17, 15) is 9.59 Å². The Morgan fingerprint density at radius 3 is 2.73 bits per heavy atom. The molecule has 0 bridgehead atoms. The van der Waals surface area contributed by atoms with Crippen molar-refractivity contribution >= 4 is 22.9 Å². The highest BCUT2D eigenvalue weighted by atomic mass is 32.1. The zero-order valence-corrected chi connectivity index (χ0v) is 12.3. The van der Waals surface area contributed by atoms with Crippen molar-refractivity contribution in [2.75, 3.05) is 7.11 Å². The van der Waals surface area contributed by atoms with Gasteiger partial charge in [0.1, 0.15) is 16.3 Å². The van der Waals surface area contributed by atoms with Crippen molar-refractivity contribution in [2.45, 2.75) is 0 Å². The molecule has 1 aliphatic rings. The normalized spacial score (nSPS) is 13.0. The Bertz CT molecular complexity index is 908. The highest BCUT2D eigenvalue weighted by molar-refractivity contribution is 7.17. The van der Waals surface area contributed by atoms with Gasteiger partial charge in [-0.05, 0) is 30.3 Å². The van der Waals surface area contributed by atoms with Gasteiger partial charge in [0.2, 0.25) is 11.6 Å². The Morgan fingerprint density at radius 1 is 1.14 bits per heavy atom. The molecule has 0 unspecified atom stereocenters. The number of furan rings is 1. The number of thiazole rings is 1. The van der Waals surface area contributed by atoms with E-state index >= 15 is 0 Å². The van der Waals surface area contributed by atoms with Gasteiger partial charge in [-0.3, -0.25) is 9.59 Å². The minimum absolute atomic E-state index is 0.183. The van der Waals surface area contributed by atoms with Crippen LogP contribution in [-0.2, 0) is 0 Å². The number of methoxy groups -OCH3 is 1. The largest absolute Gasteiger partial charge is 0.497 e. The molecule has 0 spiro atoms. The lowest BCUT2D eigenvalue weighted by Crippen LogP contribution is -2.19. The summed E-state index contributed by atoms with van der Waals surface area (Å²) in [7, 11) is 1.51. The molecule has 0 fully saturated rings. The number of benzene rings is 1. The first-order valence-electron chi connectivity index (χ1n) is 6.51. The molecular weight excluding hydrogens is 302 g/mol. The van der Waals surface area contributed by atoms with Crippen LogP contribution < -0.4 is 4.74 Å². The van der Waals surface area contributed by atoms with E-state index in [0.29, 0.717) is 32.5 Å². The predicted molar refractivity (Wildman–Crippen MR) is 79.7 cm³/mol. The molecule has 0 N–H and O–H groups in total. The van der Waals surface area contributed by atoms with Crippen molar-refractivity contribution in [2.24, 2.45) is 0 Å². The van der Waals surface area contributed by atoms with Crippen molar-refractivity contribution in [3.8, 4) is 16.5 Å². The summed E-state index contributed by atoms with van der Waals surface area (Å²) < 4.78 is 10.4. The SMILES string of the molecule is COc1ccc2c(c1)C(=O)c1nc(-c3ccco3)sc1C2=O. The number of aromatic nitrogens is 1. The van der Waals surface area contributed by atoms with E-state index in [1.807, 2.05) is 0 Å². The zero-order chi connectivity index (χ0) is 15.3. The number of nitrogens with zero attached hydrogens (tertiary/aromatic N) is 1. The molecule has 0 saturated heterocycles. The monoisotopic (exact) mass is 311 g/mol. The third-order valence-corrected chi connectivity index (χ3v) is 4.57. The number of hydrogen-bond donors (Lipinski definition) is 0. The van der Waals surface area contributed by atoms with Crippen molar-refractivity contribution < 1.29 is 18.7 Å². The highest BCUT2D eigenvalue weighted by Gasteiger charge is 2.34. The molecule has 2 heterocycles. The van der Waals surface area contributed by atoms with Crippen LogP contribution >= 0.6 is 11.3 Å². The molecule has 5 nitrogen and oxygen atoms in total. The maximum atomic E-state index is 12.6. The molecular formula is C16H9NO4S. The molecule has 0 atom stereocenters. The van der Waals surface area contributed by atoms with Crippen LogP contribution in [0.1, 0.15) is 31.3 Å². The summed E-state index contributed by atoms with van der Waals surface area (Å²) in [5.41, 5.74) is 0.892. The van der Waals surface area contributed by atoms with Gasteiger partial charge in [0.25, 0.3) is 0 Å². The van der Waals surface area contributed by atoms with Gasteiger partial charge in [-0.15, -0.1) is 11.3 Å². The van der Waals surface area contributed by atoms with Crippen molar-refractivity contribution in [1.82, 2.24) is 4.98 Å². The molecule has 6 heteroatoms. The Morgan fingerprint density at radius 2 is 2.00 bits per heavy atom. The third kappa shape index (κ3) is 1.74. The van der Waals surface area contributed by atoms with E-state index < -0.39 is 0 Å². The Kier molecular flexibility index (Phi) is 2.74. The second-order valence-corrected chi connectivity index (χ2v) is 5.74. The van der Waals surface area contributed by atoms with Crippen LogP contribution in [-0.4, -0.2) is 23.7 Å². The summed E-state index contributed by atoms with van der Waals surface area (Å²) in [5.74, 6) is 0.617. The molecule has 22 heavy (non-hydrogen) atoms. The lowest BCUT2D eigenvalue weighted by atomic mass is 9.91. The van der Waals surface area contributed by atoms with Gasteiger partial charge >= 0.3 is 0 Å². The van der Waals surface area contributed by atoms with E-state index in [2.05, 4.69) is 4.98 Å². The quantitative estimate of drug-likeness (QED) is 0.568. The number of fused-ring (bicyclic) bond motifs is 2. The van der Waals surface area contributed by atoms with Gasteiger partial charge in [0, 0.05) is 11.1 Å². The maximum absolute atomic E-state index is 12.6. The second kappa shape index (κ2) is 4.64. The van der Waals surface area contributed by atoms with Gasteiger partial charge < -0.3 is 9.15 Å². The number of ether oxygens (including phenoxy) is 1. The van der Waals surface area contributed by atoms with E-state index in [-0.39, 0.29) is 17.3 Å². The average molecular weight is 311 g/mol. The molecule has 2 aromatic heterocycles. The molecule has 1 aliphatic carbocycles. The number of hydrogen-bond acceptors (Lipinski definition) is 6. The highest BCUT2D eigenvalue weighted by Crippen LogP contribution is 2.36. The van der Waals surface area contributed by atoms with E-state index in [1.54, 1.807) is 30.3 Å². The van der Waals surface area contributed by atoms with E-state index in [0.717, 1.165) is 0 Å². The number of carbonyl (C=O) groups is 2. The summed E-state index contributed by atoms with van der Waals surface area (Å²) in [4.78, 5) is 29.8. The molecule has 0 aliphatic heterocycles. The van der Waals surface area contributed by atoms with Gasteiger partial charge in [-0.1, -0.05) is 0 Å². The average Bonchev–Trinajstić information content (AvgIpc) is 3.21. The molecule has 0 radical (unpaired) electrons. The molecule has 3 aromatic rings. The minimum atomic E-state index is -0.266. The fourth-order valence-corrected chi connectivity index (χ4v) is 3.40. The lowest BCUT2D eigenvalue weighted by molar-refractivity contribution is 0.0979. The van der Waals surface area contributed by atoms with E-state index in [4.69, 9.17) is 9.15 Å². The Hall–Kier alpha value is -2.73. The summed E-state index contributed by atoms with van der Waals surface area (Å²) in [6, 6.07) is 8.34. The lowest BCUT2D eigenvalue weighted by Gasteiger charge is -2.13. The molecule has 4 rings (SSSR count). The van der Waals surface area contributed by atoms with Gasteiger partial charge in [0.05, 0.1) is 13.4 Å². The molecule has 0 saturated carbocycles. The smallest absolute Gasteiger partial charge is 0.213 e. The first kappa shape index (κ1) is 13.0. The van der Waals surface area contributed by atoms with Crippen molar-refractivity contribution in [1.29, 1.82) is 0 Å². The Balaban J connectivity index is 1.89. The van der Waals surface area contributed by atoms with Crippen molar-refractivity contribution in [3.05, 3.63) is 58.3 Å². The maximum Gasteiger partial charge on any atom is 0.213 e. The van der Waals surface area contributed by atoms with Gasteiger partial charge in [0.15, 0.2) is 10.8 Å². The fourth-order valence-electron chi connectivity index (χ4n) is 2.42. The summed E-state index contributed by atoms with van der Waals surface area (Å²) >= 11 is 1.17. The summed E-state index contributed by atoms with van der Waals surface area (Å²) in [6.45, 7) is 0. The molecule has 1 aromatic carbocycles. The molecule has 108 valence electrons. The summed E-state index contributed by atoms with van der Waals surface area (Å²) in [5, 5.41) is 0.525. The van der Waals surface area contributed by atoms with Crippen molar-refractivity contribution in [3.63, 3.8) is 0 Å². The van der Waals surface area contributed by atoms with Crippen LogP contribution in [0.5, 0.6) is 5.75 Å². The number of carbonyl (C=O) groups excluding carboxylic acids is 2. The van der Waals surface area contributed by atoms with E-state index in [1.165, 1.54) is 24.7 Å². The van der Waals surface area contributed by atoms with Gasteiger partial charge in [-0.25, -0.2) is 4.98 Å². The fraction of sp³-hybridized carbons (Fsp3) is 0.0625. The predicted octanol–water partition coefficient (Wildman–Crippen LogP) is 3.19. The first-order valence-corrected chi connectivity index (χ1v) is 7.33. The van der Waals surface area contributed by atoms with Crippen LogP contribution in [0.3, 0.4) is 0 Å². The molecule has 0 amide bonds. The third-order valence-electron chi connectivity index (χ3n) is 3.50.